The van der Waals surface area contributed by atoms with E-state index in [2.05, 4.69) is 18.7 Å². The first-order chi connectivity index (χ1) is 13.2. The molecule has 0 aliphatic rings. The highest BCUT2D eigenvalue weighted by Gasteiger charge is 2.21. The summed E-state index contributed by atoms with van der Waals surface area (Å²) in [6.07, 6.45) is 0. The van der Waals surface area contributed by atoms with Gasteiger partial charge in [-0.2, -0.15) is 0 Å². The molecular weight excluding hydrogens is 394 g/mol. The molecule has 0 aliphatic heterocycles. The molecule has 28 heavy (non-hydrogen) atoms. The van der Waals surface area contributed by atoms with Crippen LogP contribution in [0, 0.1) is 0 Å². The van der Waals surface area contributed by atoms with Crippen molar-refractivity contribution in [2.75, 3.05) is 38.2 Å². The molecular formula is C21H26ClN3O2S. The largest absolute Gasteiger partial charge is 0.497 e. The second-order valence-corrected chi connectivity index (χ2v) is 7.19. The van der Waals surface area contributed by atoms with Gasteiger partial charge in [0.05, 0.1) is 17.3 Å². The van der Waals surface area contributed by atoms with E-state index in [1.165, 1.54) is 11.3 Å². The number of carbonyl (C=O) groups excluding carboxylic acids is 1. The zero-order valence-electron chi connectivity index (χ0n) is 16.4. The summed E-state index contributed by atoms with van der Waals surface area (Å²) in [5.74, 6) is 0.747. The minimum atomic E-state index is -0.0197. The Balaban J connectivity index is 0.00000280. The van der Waals surface area contributed by atoms with Crippen LogP contribution in [-0.2, 0) is 0 Å². The molecule has 0 saturated heterocycles. The second kappa shape index (κ2) is 10.4. The highest BCUT2D eigenvalue weighted by molar-refractivity contribution is 7.22. The maximum atomic E-state index is 13.2. The van der Waals surface area contributed by atoms with E-state index >= 15 is 0 Å². The van der Waals surface area contributed by atoms with Gasteiger partial charge >= 0.3 is 0 Å². The third-order valence-electron chi connectivity index (χ3n) is 4.61. The van der Waals surface area contributed by atoms with Gasteiger partial charge in [-0.3, -0.25) is 9.69 Å². The summed E-state index contributed by atoms with van der Waals surface area (Å²) in [4.78, 5) is 22.0. The Morgan fingerprint density at radius 2 is 1.79 bits per heavy atom. The van der Waals surface area contributed by atoms with Gasteiger partial charge in [-0.1, -0.05) is 43.4 Å². The first-order valence-electron chi connectivity index (χ1n) is 9.20. The van der Waals surface area contributed by atoms with Crippen molar-refractivity contribution in [3.8, 4) is 5.75 Å². The smallest absolute Gasteiger partial charge is 0.260 e. The van der Waals surface area contributed by atoms with Gasteiger partial charge in [-0.25, -0.2) is 4.98 Å². The number of ether oxygens (including phenoxy) is 1. The summed E-state index contributed by atoms with van der Waals surface area (Å²) in [6.45, 7) is 7.60. The summed E-state index contributed by atoms with van der Waals surface area (Å²) in [7, 11) is 1.64. The number of aromatic nitrogens is 1. The Labute approximate surface area is 176 Å². The summed E-state index contributed by atoms with van der Waals surface area (Å²) in [6, 6.07) is 15.2. The molecule has 0 atom stereocenters. The molecule has 0 saturated carbocycles. The van der Waals surface area contributed by atoms with Gasteiger partial charge in [-0.05, 0) is 37.4 Å². The molecule has 0 radical (unpaired) electrons. The normalized spacial score (nSPS) is 10.7. The highest BCUT2D eigenvalue weighted by Crippen LogP contribution is 2.31. The van der Waals surface area contributed by atoms with Gasteiger partial charge in [0, 0.05) is 24.7 Å². The number of rotatable bonds is 8. The van der Waals surface area contributed by atoms with Gasteiger partial charge in [-0.15, -0.1) is 12.4 Å². The molecule has 2 aromatic carbocycles. The monoisotopic (exact) mass is 419 g/mol. The molecule has 3 aromatic rings. The molecule has 7 heteroatoms. The number of benzene rings is 2. The molecule has 0 spiro atoms. The number of halogens is 1. The van der Waals surface area contributed by atoms with E-state index in [1.54, 1.807) is 12.0 Å². The first kappa shape index (κ1) is 22.1. The van der Waals surface area contributed by atoms with Gasteiger partial charge in [0.25, 0.3) is 5.91 Å². The first-order valence-corrected chi connectivity index (χ1v) is 10.0. The molecule has 5 nitrogen and oxygen atoms in total. The number of hydrogen-bond acceptors (Lipinski definition) is 5. The molecule has 0 N–H and O–H groups in total. The van der Waals surface area contributed by atoms with Crippen molar-refractivity contribution in [2.24, 2.45) is 0 Å². The number of anilines is 1. The zero-order chi connectivity index (χ0) is 19.2. The van der Waals surface area contributed by atoms with Crippen LogP contribution in [0.5, 0.6) is 5.75 Å². The molecule has 0 unspecified atom stereocenters. The Kier molecular flexibility index (Phi) is 8.23. The number of amides is 1. The van der Waals surface area contributed by atoms with E-state index in [-0.39, 0.29) is 18.3 Å². The van der Waals surface area contributed by atoms with Crippen LogP contribution in [-0.4, -0.2) is 49.1 Å². The van der Waals surface area contributed by atoms with Crippen LogP contribution in [0.2, 0.25) is 0 Å². The third kappa shape index (κ3) is 5.01. The third-order valence-corrected chi connectivity index (χ3v) is 5.67. The summed E-state index contributed by atoms with van der Waals surface area (Å²) < 4.78 is 6.34. The number of methoxy groups -OCH3 is 1. The Bertz CT molecular complexity index is 897. The second-order valence-electron chi connectivity index (χ2n) is 6.18. The van der Waals surface area contributed by atoms with Crippen molar-refractivity contribution in [1.29, 1.82) is 0 Å². The minimum Gasteiger partial charge on any atom is -0.497 e. The molecule has 3 rings (SSSR count). The van der Waals surface area contributed by atoms with E-state index in [4.69, 9.17) is 9.72 Å². The van der Waals surface area contributed by atoms with Crippen molar-refractivity contribution in [3.63, 3.8) is 0 Å². The Hall–Kier alpha value is -2.15. The molecule has 1 heterocycles. The molecule has 1 aromatic heterocycles. The van der Waals surface area contributed by atoms with Gasteiger partial charge in [0.15, 0.2) is 5.13 Å². The Morgan fingerprint density at radius 3 is 2.43 bits per heavy atom. The maximum Gasteiger partial charge on any atom is 0.260 e. The highest BCUT2D eigenvalue weighted by atomic mass is 35.5. The number of carbonyl (C=O) groups is 1. The maximum absolute atomic E-state index is 13.2. The average molecular weight is 420 g/mol. The lowest BCUT2D eigenvalue weighted by Crippen LogP contribution is -2.38. The van der Waals surface area contributed by atoms with Crippen molar-refractivity contribution in [2.45, 2.75) is 13.8 Å². The quantitative estimate of drug-likeness (QED) is 0.530. The molecule has 150 valence electrons. The van der Waals surface area contributed by atoms with Crippen LogP contribution in [0.3, 0.4) is 0 Å². The van der Waals surface area contributed by atoms with Crippen LogP contribution in [0.4, 0.5) is 5.13 Å². The van der Waals surface area contributed by atoms with E-state index in [9.17, 15) is 4.79 Å². The fourth-order valence-electron chi connectivity index (χ4n) is 2.94. The van der Waals surface area contributed by atoms with Crippen LogP contribution < -0.4 is 9.64 Å². The number of thiazole rings is 1. The average Bonchev–Trinajstić information content (AvgIpc) is 3.14. The number of fused-ring (bicyclic) bond motifs is 1. The number of likely N-dealkylation sites (N-methyl/N-ethyl adjacent to an activating group) is 1. The van der Waals surface area contributed by atoms with E-state index < -0.39 is 0 Å². The lowest BCUT2D eigenvalue weighted by atomic mass is 10.2. The van der Waals surface area contributed by atoms with Crippen LogP contribution in [0.15, 0.2) is 48.5 Å². The van der Waals surface area contributed by atoms with E-state index in [1.807, 2.05) is 48.5 Å². The molecule has 0 aliphatic carbocycles. The fourth-order valence-corrected chi connectivity index (χ4v) is 3.91. The SMILES string of the molecule is CCN(CC)CCN(C(=O)c1ccccc1)c1nc2cc(OC)ccc2s1.Cl. The predicted octanol–water partition coefficient (Wildman–Crippen LogP) is 4.72. The van der Waals surface area contributed by atoms with Crippen LogP contribution >= 0.6 is 23.7 Å². The fraction of sp³-hybridized carbons (Fsp3) is 0.333. The van der Waals surface area contributed by atoms with Gasteiger partial charge < -0.3 is 9.64 Å². The van der Waals surface area contributed by atoms with Crippen LogP contribution in [0.1, 0.15) is 24.2 Å². The topological polar surface area (TPSA) is 45.7 Å². The lowest BCUT2D eigenvalue weighted by molar-refractivity contribution is 0.0984. The lowest BCUT2D eigenvalue weighted by Gasteiger charge is -2.24. The molecule has 1 amide bonds. The van der Waals surface area contributed by atoms with Crippen LogP contribution in [0.25, 0.3) is 10.2 Å². The number of nitrogens with zero attached hydrogens (tertiary/aromatic N) is 3. The van der Waals surface area contributed by atoms with E-state index in [0.29, 0.717) is 12.1 Å². The summed E-state index contributed by atoms with van der Waals surface area (Å²) >= 11 is 1.53. The molecule has 0 fully saturated rings. The Morgan fingerprint density at radius 1 is 1.07 bits per heavy atom. The predicted molar refractivity (Wildman–Crippen MR) is 119 cm³/mol. The van der Waals surface area contributed by atoms with Gasteiger partial charge in [0.2, 0.25) is 0 Å². The summed E-state index contributed by atoms with van der Waals surface area (Å²) in [5, 5.41) is 0.722. The summed E-state index contributed by atoms with van der Waals surface area (Å²) in [5.41, 5.74) is 1.52. The molecule has 0 bridgehead atoms. The van der Waals surface area contributed by atoms with E-state index in [0.717, 1.165) is 40.7 Å². The minimum absolute atomic E-state index is 0. The van der Waals surface area contributed by atoms with Crippen molar-refractivity contribution in [3.05, 3.63) is 54.1 Å². The number of hydrogen-bond donors (Lipinski definition) is 0. The van der Waals surface area contributed by atoms with Gasteiger partial charge in [0.1, 0.15) is 5.75 Å². The van der Waals surface area contributed by atoms with Crippen molar-refractivity contribution in [1.82, 2.24) is 9.88 Å². The van der Waals surface area contributed by atoms with Crippen molar-refractivity contribution < 1.29 is 9.53 Å². The zero-order valence-corrected chi connectivity index (χ0v) is 18.1. The van der Waals surface area contributed by atoms with Crippen molar-refractivity contribution >= 4 is 45.0 Å². The standard InChI is InChI=1S/C21H25N3O2S.ClH/c1-4-23(5-2)13-14-24(20(25)16-9-7-6-8-10-16)21-22-18-15-17(26-3)11-12-19(18)27-21;/h6-12,15H,4-5,13-14H2,1-3H3;1H.